The Morgan fingerprint density at radius 3 is 2.62 bits per heavy atom. The van der Waals surface area contributed by atoms with Gasteiger partial charge in [-0.25, -0.2) is 4.98 Å². The molecule has 1 unspecified atom stereocenters. The number of benzene rings is 1. The quantitative estimate of drug-likeness (QED) is 0.859. The van der Waals surface area contributed by atoms with Crippen LogP contribution in [0.1, 0.15) is 45.4 Å². The van der Waals surface area contributed by atoms with E-state index in [9.17, 15) is 0 Å². The van der Waals surface area contributed by atoms with E-state index in [0.717, 1.165) is 11.3 Å². The van der Waals surface area contributed by atoms with Gasteiger partial charge in [-0.05, 0) is 36.8 Å². The normalized spacial score (nSPS) is 21.2. The van der Waals surface area contributed by atoms with Crippen molar-refractivity contribution in [2.24, 2.45) is 5.41 Å². The minimum Gasteiger partial charge on any atom is -0.449 e. The highest BCUT2D eigenvalue weighted by Crippen LogP contribution is 2.36. The lowest BCUT2D eigenvalue weighted by molar-refractivity contribution is 0.229. The van der Waals surface area contributed by atoms with Gasteiger partial charge in [0.25, 0.3) is 0 Å². The van der Waals surface area contributed by atoms with Crippen molar-refractivity contribution in [3.8, 4) is 11.3 Å². The number of anilines is 1. The smallest absolute Gasteiger partial charge is 0.191 e. The molecule has 1 heterocycles. The summed E-state index contributed by atoms with van der Waals surface area (Å²) in [5.74, 6) is 0.705. The van der Waals surface area contributed by atoms with Crippen molar-refractivity contribution in [2.75, 3.05) is 5.32 Å². The first-order valence-electron chi connectivity index (χ1n) is 7.81. The molecule has 1 aliphatic carbocycles. The zero-order chi connectivity index (χ0) is 14.9. The Labute approximate surface area is 126 Å². The Morgan fingerprint density at radius 2 is 2.00 bits per heavy atom. The summed E-state index contributed by atoms with van der Waals surface area (Å²) < 4.78 is 5.27. The summed E-state index contributed by atoms with van der Waals surface area (Å²) in [6, 6.07) is 9.08. The van der Waals surface area contributed by atoms with Crippen LogP contribution >= 0.6 is 0 Å². The van der Waals surface area contributed by atoms with Crippen LogP contribution in [0.4, 0.5) is 5.69 Å². The highest BCUT2D eigenvalue weighted by atomic mass is 16.3. The van der Waals surface area contributed by atoms with E-state index in [-0.39, 0.29) is 0 Å². The molecule has 0 aliphatic heterocycles. The van der Waals surface area contributed by atoms with Crippen LogP contribution in [0.3, 0.4) is 0 Å². The van der Waals surface area contributed by atoms with E-state index >= 15 is 0 Å². The predicted molar refractivity (Wildman–Crippen MR) is 86.3 cm³/mol. The van der Waals surface area contributed by atoms with E-state index in [1.54, 1.807) is 6.26 Å². The maximum atomic E-state index is 5.27. The topological polar surface area (TPSA) is 38.1 Å². The fourth-order valence-electron chi connectivity index (χ4n) is 3.29. The molecule has 21 heavy (non-hydrogen) atoms. The lowest BCUT2D eigenvalue weighted by Gasteiger charge is -2.36. The minimum atomic E-state index is 0.466. The Bertz CT molecular complexity index is 598. The van der Waals surface area contributed by atoms with Crippen molar-refractivity contribution in [1.82, 2.24) is 4.98 Å². The predicted octanol–water partition coefficient (Wildman–Crippen LogP) is 5.03. The first-order chi connectivity index (χ1) is 10.0. The second-order valence-corrected chi connectivity index (χ2v) is 6.93. The molecule has 1 aliphatic rings. The third kappa shape index (κ3) is 3.46. The Morgan fingerprint density at radius 1 is 1.24 bits per heavy atom. The van der Waals surface area contributed by atoms with Crippen molar-refractivity contribution in [3.05, 3.63) is 36.4 Å². The first-order valence-corrected chi connectivity index (χ1v) is 7.81. The summed E-state index contributed by atoms with van der Waals surface area (Å²) in [7, 11) is 0. The van der Waals surface area contributed by atoms with Gasteiger partial charge < -0.3 is 9.73 Å². The van der Waals surface area contributed by atoms with E-state index in [1.165, 1.54) is 31.4 Å². The van der Waals surface area contributed by atoms with Crippen LogP contribution in [-0.2, 0) is 0 Å². The maximum Gasteiger partial charge on any atom is 0.191 e. The van der Waals surface area contributed by atoms with E-state index < -0.39 is 0 Å². The monoisotopic (exact) mass is 284 g/mol. The van der Waals surface area contributed by atoms with Crippen molar-refractivity contribution in [1.29, 1.82) is 0 Å². The summed E-state index contributed by atoms with van der Waals surface area (Å²) in [6.45, 7) is 6.61. The number of nitrogens with one attached hydrogen (secondary N) is 1. The lowest BCUT2D eigenvalue weighted by Crippen LogP contribution is -2.31. The molecule has 0 bridgehead atoms. The molecule has 1 aromatic heterocycles. The van der Waals surface area contributed by atoms with Crippen LogP contribution in [-0.4, -0.2) is 11.0 Å². The van der Waals surface area contributed by atoms with E-state index in [4.69, 9.17) is 4.42 Å². The van der Waals surface area contributed by atoms with Gasteiger partial charge in [0, 0.05) is 24.2 Å². The number of nitrogens with zero attached hydrogens (tertiary/aromatic N) is 1. The van der Waals surface area contributed by atoms with Gasteiger partial charge in [0.2, 0.25) is 0 Å². The van der Waals surface area contributed by atoms with Crippen LogP contribution in [0.5, 0.6) is 0 Å². The highest BCUT2D eigenvalue weighted by molar-refractivity contribution is 5.62. The molecule has 112 valence electrons. The van der Waals surface area contributed by atoms with Crippen LogP contribution in [0, 0.1) is 12.3 Å². The van der Waals surface area contributed by atoms with Gasteiger partial charge in [0.05, 0.1) is 0 Å². The second kappa shape index (κ2) is 5.55. The standard InChI is InChI=1S/C18H24N2O/c1-13-19-17(12-21-13)14-6-8-15(9-7-14)20-16-5-4-10-18(2,3)11-16/h6-9,12,16,20H,4-5,10-11H2,1-3H3. The molecule has 1 saturated carbocycles. The van der Waals surface area contributed by atoms with Crippen LogP contribution in [0.25, 0.3) is 11.3 Å². The van der Waals surface area contributed by atoms with Gasteiger partial charge in [-0.2, -0.15) is 0 Å². The van der Waals surface area contributed by atoms with Crippen molar-refractivity contribution >= 4 is 5.69 Å². The molecule has 1 N–H and O–H groups in total. The fraction of sp³-hybridized carbons (Fsp3) is 0.500. The van der Waals surface area contributed by atoms with E-state index in [1.807, 2.05) is 6.92 Å². The molecule has 0 spiro atoms. The minimum absolute atomic E-state index is 0.466. The molecular weight excluding hydrogens is 260 g/mol. The molecule has 1 fully saturated rings. The number of hydrogen-bond donors (Lipinski definition) is 1. The summed E-state index contributed by atoms with van der Waals surface area (Å²) in [4.78, 5) is 4.36. The number of aromatic nitrogens is 1. The average Bonchev–Trinajstić information content (AvgIpc) is 2.85. The Kier molecular flexibility index (Phi) is 3.75. The van der Waals surface area contributed by atoms with Crippen molar-refractivity contribution in [2.45, 2.75) is 52.5 Å². The van der Waals surface area contributed by atoms with E-state index in [0.29, 0.717) is 17.3 Å². The SMILES string of the molecule is Cc1nc(-c2ccc(NC3CCCC(C)(C)C3)cc2)co1. The molecule has 1 atom stereocenters. The fourth-order valence-corrected chi connectivity index (χ4v) is 3.29. The molecule has 0 radical (unpaired) electrons. The lowest BCUT2D eigenvalue weighted by atomic mass is 9.75. The van der Waals surface area contributed by atoms with Crippen LogP contribution < -0.4 is 5.32 Å². The van der Waals surface area contributed by atoms with Crippen molar-refractivity contribution in [3.63, 3.8) is 0 Å². The largest absolute Gasteiger partial charge is 0.449 e. The molecule has 3 heteroatoms. The Balaban J connectivity index is 1.67. The molecule has 1 aromatic carbocycles. The first kappa shape index (κ1) is 14.2. The van der Waals surface area contributed by atoms with Gasteiger partial charge in [0.15, 0.2) is 5.89 Å². The molecule has 0 amide bonds. The highest BCUT2D eigenvalue weighted by Gasteiger charge is 2.27. The number of rotatable bonds is 3. The number of oxazole rings is 1. The molecule has 3 rings (SSSR count). The molecule has 2 aromatic rings. The Hall–Kier alpha value is -1.77. The third-order valence-electron chi connectivity index (χ3n) is 4.38. The molecule has 3 nitrogen and oxygen atoms in total. The number of hydrogen-bond acceptors (Lipinski definition) is 3. The maximum absolute atomic E-state index is 5.27. The third-order valence-corrected chi connectivity index (χ3v) is 4.38. The average molecular weight is 284 g/mol. The van der Waals surface area contributed by atoms with Crippen LogP contribution in [0.15, 0.2) is 34.9 Å². The summed E-state index contributed by atoms with van der Waals surface area (Å²) in [5, 5.41) is 3.68. The summed E-state index contributed by atoms with van der Waals surface area (Å²) in [5.41, 5.74) is 3.66. The van der Waals surface area contributed by atoms with Crippen LogP contribution in [0.2, 0.25) is 0 Å². The van der Waals surface area contributed by atoms with Gasteiger partial charge in [-0.1, -0.05) is 32.4 Å². The van der Waals surface area contributed by atoms with E-state index in [2.05, 4.69) is 48.4 Å². The summed E-state index contributed by atoms with van der Waals surface area (Å²) in [6.07, 6.45) is 6.89. The van der Waals surface area contributed by atoms with Gasteiger partial charge >= 0.3 is 0 Å². The van der Waals surface area contributed by atoms with Crippen molar-refractivity contribution < 1.29 is 4.42 Å². The zero-order valence-electron chi connectivity index (χ0n) is 13.1. The number of aryl methyl sites for hydroxylation is 1. The zero-order valence-corrected chi connectivity index (χ0v) is 13.1. The van der Waals surface area contributed by atoms with Gasteiger partial charge in [-0.15, -0.1) is 0 Å². The molecular formula is C18H24N2O. The van der Waals surface area contributed by atoms with Gasteiger partial charge in [0.1, 0.15) is 12.0 Å². The van der Waals surface area contributed by atoms with Gasteiger partial charge in [-0.3, -0.25) is 0 Å². The second-order valence-electron chi connectivity index (χ2n) is 6.93. The molecule has 0 saturated heterocycles. The summed E-state index contributed by atoms with van der Waals surface area (Å²) >= 11 is 0.